The van der Waals surface area contributed by atoms with Crippen molar-refractivity contribution in [3.63, 3.8) is 0 Å². The van der Waals surface area contributed by atoms with Crippen LogP contribution in [-0.4, -0.2) is 93.4 Å². The van der Waals surface area contributed by atoms with Gasteiger partial charge >= 0.3 is 5.97 Å². The summed E-state index contributed by atoms with van der Waals surface area (Å²) < 4.78 is 13.4. The molecule has 0 radical (unpaired) electrons. The van der Waals surface area contributed by atoms with E-state index in [1.54, 1.807) is 6.92 Å². The third kappa shape index (κ3) is 3.98. The molecule has 4 atom stereocenters. The summed E-state index contributed by atoms with van der Waals surface area (Å²) in [5, 5.41) is 41.4. The molecular formula is C20H26N8O6. The van der Waals surface area contributed by atoms with Crippen LogP contribution in [0, 0.1) is 0 Å². The quantitative estimate of drug-likeness (QED) is 0.324. The van der Waals surface area contributed by atoms with Crippen molar-refractivity contribution >= 4 is 23.0 Å². The molecule has 4 heterocycles. The molecule has 2 fully saturated rings. The highest BCUT2D eigenvalue weighted by molar-refractivity contribution is 5.87. The fourth-order valence-electron chi connectivity index (χ4n) is 4.33. The first-order chi connectivity index (χ1) is 16.5. The van der Waals surface area contributed by atoms with Crippen LogP contribution in [0.2, 0.25) is 0 Å². The largest absolute Gasteiger partial charge is 0.461 e. The SMILES string of the molecule is CCOC(=O)c1cn(-c2nc(NC3CCCC3)c3ncn([C@@H]4O[C@H](CO)[C@@H](O)[C@H]4O)c3n2)nn1. The third-order valence-electron chi connectivity index (χ3n) is 6.08. The van der Waals surface area contributed by atoms with Crippen molar-refractivity contribution in [2.45, 2.75) is 63.2 Å². The number of fused-ring (bicyclic) bond motifs is 1. The van der Waals surface area contributed by atoms with Crippen LogP contribution in [0.4, 0.5) is 5.82 Å². The van der Waals surface area contributed by atoms with E-state index in [1.165, 1.54) is 21.8 Å². The van der Waals surface area contributed by atoms with E-state index in [1.807, 2.05) is 0 Å². The molecule has 0 bridgehead atoms. The molecule has 1 aliphatic heterocycles. The number of hydrogen-bond donors (Lipinski definition) is 4. The van der Waals surface area contributed by atoms with Gasteiger partial charge in [-0.3, -0.25) is 4.57 Å². The normalized spacial score (nSPS) is 25.3. The number of esters is 1. The summed E-state index contributed by atoms with van der Waals surface area (Å²) in [6.45, 7) is 1.44. The number of carbonyl (C=O) groups is 1. The zero-order chi connectivity index (χ0) is 23.8. The highest BCUT2D eigenvalue weighted by Gasteiger charge is 2.44. The second kappa shape index (κ2) is 9.21. The standard InChI is InChI=1S/C20H26N8O6/c1-2-33-19(32)11-7-28(26-25-11)20-23-16(22-10-5-3-4-6-10)13-17(24-20)27(9-21-13)18-15(31)14(30)12(8-29)34-18/h7,9-10,12,14-15,18,29-31H,2-6,8H2,1H3,(H,22,23,24)/t12-,14-,15-,18-/m1/s1. The minimum Gasteiger partial charge on any atom is -0.461 e. The van der Waals surface area contributed by atoms with Gasteiger partial charge < -0.3 is 30.1 Å². The van der Waals surface area contributed by atoms with Crippen LogP contribution >= 0.6 is 0 Å². The first-order valence-corrected chi connectivity index (χ1v) is 11.2. The van der Waals surface area contributed by atoms with E-state index in [4.69, 9.17) is 9.47 Å². The molecule has 182 valence electrons. The number of aliphatic hydroxyl groups excluding tert-OH is 3. The summed E-state index contributed by atoms with van der Waals surface area (Å²) >= 11 is 0. The van der Waals surface area contributed by atoms with E-state index >= 15 is 0 Å². The fourth-order valence-corrected chi connectivity index (χ4v) is 4.33. The van der Waals surface area contributed by atoms with E-state index in [0.29, 0.717) is 17.0 Å². The Morgan fingerprint density at radius 3 is 2.76 bits per heavy atom. The van der Waals surface area contributed by atoms with Gasteiger partial charge in [0, 0.05) is 6.04 Å². The van der Waals surface area contributed by atoms with Gasteiger partial charge in [0.2, 0.25) is 0 Å². The van der Waals surface area contributed by atoms with Crippen molar-refractivity contribution < 1.29 is 29.6 Å². The Hall–Kier alpha value is -3.20. The van der Waals surface area contributed by atoms with Crippen LogP contribution in [0.5, 0.6) is 0 Å². The molecule has 1 aliphatic carbocycles. The number of nitrogens with zero attached hydrogens (tertiary/aromatic N) is 7. The van der Waals surface area contributed by atoms with Crippen LogP contribution < -0.4 is 5.32 Å². The van der Waals surface area contributed by atoms with Gasteiger partial charge in [0.15, 0.2) is 28.9 Å². The summed E-state index contributed by atoms with van der Waals surface area (Å²) in [7, 11) is 0. The second-order valence-corrected chi connectivity index (χ2v) is 8.32. The van der Waals surface area contributed by atoms with Gasteiger partial charge in [0.05, 0.1) is 25.7 Å². The summed E-state index contributed by atoms with van der Waals surface area (Å²) in [5.41, 5.74) is 0.764. The molecule has 0 spiro atoms. The van der Waals surface area contributed by atoms with Gasteiger partial charge in [0.25, 0.3) is 5.95 Å². The fraction of sp³-hybridized carbons (Fsp3) is 0.600. The molecule has 0 amide bonds. The monoisotopic (exact) mass is 474 g/mol. The predicted octanol–water partition coefficient (Wildman–Crippen LogP) is -0.450. The predicted molar refractivity (Wildman–Crippen MR) is 115 cm³/mol. The average Bonchev–Trinajstić information content (AvgIpc) is 3.62. The molecule has 3 aromatic heterocycles. The number of aromatic nitrogens is 7. The maximum atomic E-state index is 12.0. The lowest BCUT2D eigenvalue weighted by Gasteiger charge is -2.17. The maximum absolute atomic E-state index is 12.0. The summed E-state index contributed by atoms with van der Waals surface area (Å²) in [6.07, 6.45) is 2.47. The van der Waals surface area contributed by atoms with Crippen molar-refractivity contribution in [1.82, 2.24) is 34.5 Å². The molecule has 1 saturated heterocycles. The zero-order valence-corrected chi connectivity index (χ0v) is 18.5. The average molecular weight is 474 g/mol. The molecule has 0 aromatic carbocycles. The Kier molecular flexibility index (Phi) is 6.12. The van der Waals surface area contributed by atoms with Crippen LogP contribution in [0.1, 0.15) is 49.3 Å². The molecule has 1 saturated carbocycles. The Morgan fingerprint density at radius 2 is 2.06 bits per heavy atom. The lowest BCUT2D eigenvalue weighted by molar-refractivity contribution is -0.0511. The van der Waals surface area contributed by atoms with Gasteiger partial charge in [-0.1, -0.05) is 18.1 Å². The van der Waals surface area contributed by atoms with Crippen LogP contribution in [0.3, 0.4) is 0 Å². The number of carbonyl (C=O) groups excluding carboxylic acids is 1. The van der Waals surface area contributed by atoms with Crippen molar-refractivity contribution in [3.8, 4) is 5.95 Å². The molecule has 4 N–H and O–H groups in total. The van der Waals surface area contributed by atoms with Gasteiger partial charge in [-0.15, -0.1) is 5.10 Å². The first-order valence-electron chi connectivity index (χ1n) is 11.2. The van der Waals surface area contributed by atoms with Gasteiger partial charge in [-0.25, -0.2) is 9.78 Å². The van der Waals surface area contributed by atoms with E-state index in [2.05, 4.69) is 30.6 Å². The van der Waals surface area contributed by atoms with Crippen molar-refractivity contribution in [2.24, 2.45) is 0 Å². The summed E-state index contributed by atoms with van der Waals surface area (Å²) in [6, 6.07) is 0.218. The molecule has 0 unspecified atom stereocenters. The zero-order valence-electron chi connectivity index (χ0n) is 18.5. The molecule has 3 aromatic rings. The molecule has 2 aliphatic rings. The smallest absolute Gasteiger partial charge is 0.360 e. The summed E-state index contributed by atoms with van der Waals surface area (Å²) in [4.78, 5) is 25.6. The van der Waals surface area contributed by atoms with E-state index < -0.39 is 37.1 Å². The van der Waals surface area contributed by atoms with E-state index in [-0.39, 0.29) is 24.3 Å². The van der Waals surface area contributed by atoms with Crippen molar-refractivity contribution in [3.05, 3.63) is 18.2 Å². The minimum absolute atomic E-state index is 0.00724. The minimum atomic E-state index is -1.30. The Labute approximate surface area is 193 Å². The maximum Gasteiger partial charge on any atom is 0.360 e. The molecule has 14 nitrogen and oxygen atoms in total. The number of hydrogen-bond acceptors (Lipinski definition) is 12. The van der Waals surface area contributed by atoms with Crippen LogP contribution in [-0.2, 0) is 9.47 Å². The topological polar surface area (TPSA) is 183 Å². The van der Waals surface area contributed by atoms with Gasteiger partial charge in [-0.2, -0.15) is 14.6 Å². The molecule has 14 heteroatoms. The Bertz CT molecular complexity index is 1180. The number of nitrogens with one attached hydrogen (secondary N) is 1. The highest BCUT2D eigenvalue weighted by Crippen LogP contribution is 2.33. The van der Waals surface area contributed by atoms with E-state index in [9.17, 15) is 20.1 Å². The number of imidazole rings is 1. The van der Waals surface area contributed by atoms with E-state index in [0.717, 1.165) is 25.7 Å². The van der Waals surface area contributed by atoms with Crippen LogP contribution in [0.25, 0.3) is 17.1 Å². The van der Waals surface area contributed by atoms with Gasteiger partial charge in [-0.05, 0) is 19.8 Å². The third-order valence-corrected chi connectivity index (χ3v) is 6.08. The van der Waals surface area contributed by atoms with Crippen molar-refractivity contribution in [2.75, 3.05) is 18.5 Å². The lowest BCUT2D eigenvalue weighted by Crippen LogP contribution is -2.33. The number of anilines is 1. The summed E-state index contributed by atoms with van der Waals surface area (Å²) in [5.74, 6) is -0.0363. The number of ether oxygens (including phenoxy) is 2. The Morgan fingerprint density at radius 1 is 1.26 bits per heavy atom. The first kappa shape index (κ1) is 22.6. The highest BCUT2D eigenvalue weighted by atomic mass is 16.6. The van der Waals surface area contributed by atoms with Crippen LogP contribution in [0.15, 0.2) is 12.5 Å². The second-order valence-electron chi connectivity index (χ2n) is 8.32. The van der Waals surface area contributed by atoms with Gasteiger partial charge in [0.1, 0.15) is 18.3 Å². The molecule has 34 heavy (non-hydrogen) atoms. The molecular weight excluding hydrogens is 448 g/mol. The lowest BCUT2D eigenvalue weighted by atomic mass is 10.1. The van der Waals surface area contributed by atoms with Crippen molar-refractivity contribution in [1.29, 1.82) is 0 Å². The number of aliphatic hydroxyl groups is 3. The Balaban J connectivity index is 1.57. The molecule has 5 rings (SSSR count). The number of rotatable bonds is 7.